The molecule has 0 aromatic carbocycles. The number of rotatable bonds is 5. The second-order valence-electron chi connectivity index (χ2n) is 4.79. The van der Waals surface area contributed by atoms with E-state index in [1.165, 1.54) is 11.8 Å². The van der Waals surface area contributed by atoms with Gasteiger partial charge in [0.05, 0.1) is 0 Å². The number of urea groups is 1. The third-order valence-electron chi connectivity index (χ3n) is 1.70. The van der Waals surface area contributed by atoms with Crippen LogP contribution in [0.25, 0.3) is 0 Å². The fourth-order valence-corrected chi connectivity index (χ4v) is 1.90. The van der Waals surface area contributed by atoms with Crippen LogP contribution in [-0.4, -0.2) is 41.8 Å². The maximum absolute atomic E-state index is 11.7. The van der Waals surface area contributed by atoms with Gasteiger partial charge in [-0.3, -0.25) is 4.79 Å². The highest BCUT2D eigenvalue weighted by Crippen LogP contribution is 2.12. The minimum Gasteiger partial charge on any atom is -0.352 e. The molecule has 0 aromatic heterocycles. The lowest BCUT2D eigenvalue weighted by Crippen LogP contribution is -2.34. The summed E-state index contributed by atoms with van der Waals surface area (Å²) in [6, 6.07) is -0.833. The van der Waals surface area contributed by atoms with Crippen molar-refractivity contribution in [1.82, 2.24) is 4.90 Å². The molecule has 0 heterocycles. The number of hydrogen-bond acceptors (Lipinski definition) is 4. The summed E-state index contributed by atoms with van der Waals surface area (Å²) in [4.78, 5) is 30.7. The Bertz CT molecular complexity index is 247. The van der Waals surface area contributed by atoms with E-state index >= 15 is 0 Å². The van der Waals surface area contributed by atoms with Gasteiger partial charge in [-0.1, -0.05) is 46.4 Å². The monoisotopic (exact) mass is 307 g/mol. The van der Waals surface area contributed by atoms with Crippen molar-refractivity contribution >= 4 is 29.8 Å². The molecule has 0 rings (SSSR count). The van der Waals surface area contributed by atoms with Crippen molar-refractivity contribution < 1.29 is 14.4 Å². The van der Waals surface area contributed by atoms with Crippen molar-refractivity contribution in [2.45, 2.75) is 34.6 Å². The Morgan fingerprint density at radius 3 is 1.55 bits per heavy atom. The lowest BCUT2D eigenvalue weighted by atomic mass is 10.1. The molecule has 0 unspecified atom stereocenters. The highest BCUT2D eigenvalue weighted by atomic mass is 32.2. The highest BCUT2D eigenvalue weighted by molar-refractivity contribution is 8.13. The number of thioether (sulfide) groups is 1. The van der Waals surface area contributed by atoms with Crippen LogP contribution in [0.3, 0.4) is 0 Å². The van der Waals surface area contributed by atoms with Crippen LogP contribution >= 0.6 is 11.8 Å². The number of nitrogens with zero attached hydrogens (tertiary/aromatic N) is 1. The Hall–Kier alpha value is -1.24. The Kier molecular flexibility index (Phi) is 18.8. The Morgan fingerprint density at radius 1 is 1.05 bits per heavy atom. The summed E-state index contributed by atoms with van der Waals surface area (Å²) in [5.41, 5.74) is 8.50. The molecule has 120 valence electrons. The molecule has 0 saturated carbocycles. The van der Waals surface area contributed by atoms with E-state index in [1.807, 2.05) is 18.6 Å². The fourth-order valence-electron chi connectivity index (χ4n) is 1.32. The first-order chi connectivity index (χ1) is 9.20. The van der Waals surface area contributed by atoms with E-state index in [4.69, 9.17) is 9.59 Å². The van der Waals surface area contributed by atoms with Crippen molar-refractivity contribution in [2.75, 3.05) is 18.8 Å². The lowest BCUT2D eigenvalue weighted by Gasteiger charge is -2.25. The molecular weight excluding hydrogens is 278 g/mol. The predicted octanol–water partition coefficient (Wildman–Crippen LogP) is 2.31. The van der Waals surface area contributed by atoms with E-state index in [0.29, 0.717) is 11.8 Å². The molecule has 0 aliphatic heterocycles. The number of amides is 3. The van der Waals surface area contributed by atoms with Crippen LogP contribution in [0.4, 0.5) is 9.59 Å². The van der Waals surface area contributed by atoms with Crippen molar-refractivity contribution in [3.05, 3.63) is 0 Å². The van der Waals surface area contributed by atoms with E-state index in [1.54, 1.807) is 0 Å². The maximum atomic E-state index is 11.7. The van der Waals surface area contributed by atoms with Gasteiger partial charge in [0.1, 0.15) is 6.79 Å². The summed E-state index contributed by atoms with van der Waals surface area (Å²) >= 11 is 1.41. The smallest absolute Gasteiger partial charge is 0.309 e. The number of nitrogens with two attached hydrogens (primary N) is 2. The van der Waals surface area contributed by atoms with Crippen LogP contribution in [0.2, 0.25) is 0 Å². The zero-order valence-electron chi connectivity index (χ0n) is 13.2. The first-order valence-corrected chi connectivity index (χ1v) is 7.44. The van der Waals surface area contributed by atoms with Crippen LogP contribution in [0.1, 0.15) is 34.6 Å². The molecule has 0 atom stereocenters. The van der Waals surface area contributed by atoms with Gasteiger partial charge in [-0.15, -0.1) is 0 Å². The SMILES string of the molecule is C=O.CCSC(=O)N(CC(C)C)CC(C)C.NC(N)=O. The van der Waals surface area contributed by atoms with Gasteiger partial charge in [0.15, 0.2) is 0 Å². The van der Waals surface area contributed by atoms with Gasteiger partial charge in [-0.05, 0) is 17.6 Å². The van der Waals surface area contributed by atoms with Crippen LogP contribution < -0.4 is 11.5 Å². The average Bonchev–Trinajstić information content (AvgIpc) is 2.29. The summed E-state index contributed by atoms with van der Waals surface area (Å²) < 4.78 is 0. The molecule has 7 heteroatoms. The number of primary amides is 2. The third-order valence-corrected chi connectivity index (χ3v) is 2.49. The molecule has 20 heavy (non-hydrogen) atoms. The van der Waals surface area contributed by atoms with Crippen LogP contribution in [0, 0.1) is 11.8 Å². The van der Waals surface area contributed by atoms with Gasteiger partial charge in [-0.2, -0.15) is 0 Å². The van der Waals surface area contributed by atoms with Crippen molar-refractivity contribution in [3.8, 4) is 0 Å². The molecule has 0 radical (unpaired) electrons. The van der Waals surface area contributed by atoms with Crippen LogP contribution in [-0.2, 0) is 4.79 Å². The van der Waals surface area contributed by atoms with E-state index in [9.17, 15) is 4.79 Å². The number of carbonyl (C=O) groups is 3. The van der Waals surface area contributed by atoms with Gasteiger partial charge in [0.2, 0.25) is 0 Å². The van der Waals surface area contributed by atoms with E-state index in [-0.39, 0.29) is 5.24 Å². The number of carbonyl (C=O) groups excluding carboxylic acids is 3. The Balaban J connectivity index is -0.000000410. The van der Waals surface area contributed by atoms with E-state index in [0.717, 1.165) is 18.8 Å². The molecule has 0 aromatic rings. The molecule has 0 aliphatic rings. The molecule has 0 spiro atoms. The van der Waals surface area contributed by atoms with Gasteiger partial charge >= 0.3 is 6.03 Å². The standard InChI is InChI=1S/C11H23NOS.CH4N2O.CH2O/c1-6-14-11(13)12(7-9(2)3)8-10(4)5;2-1(3)4;1-2/h9-10H,6-8H2,1-5H3;(H4,2,3,4);1H2. The van der Waals surface area contributed by atoms with Crippen LogP contribution in [0.15, 0.2) is 0 Å². The highest BCUT2D eigenvalue weighted by Gasteiger charge is 2.15. The fraction of sp³-hybridized carbons (Fsp3) is 0.769. The molecule has 6 nitrogen and oxygen atoms in total. The maximum Gasteiger partial charge on any atom is 0.309 e. The second-order valence-corrected chi connectivity index (χ2v) is 6.01. The zero-order chi connectivity index (χ0) is 16.7. The first-order valence-electron chi connectivity index (χ1n) is 6.46. The first kappa shape index (κ1) is 23.8. The minimum atomic E-state index is -0.833. The van der Waals surface area contributed by atoms with Gasteiger partial charge in [-0.25, -0.2) is 4.79 Å². The molecule has 0 aliphatic carbocycles. The summed E-state index contributed by atoms with van der Waals surface area (Å²) in [5.74, 6) is 1.97. The van der Waals surface area contributed by atoms with Gasteiger partial charge in [0.25, 0.3) is 5.24 Å². The minimum absolute atomic E-state index is 0.231. The van der Waals surface area contributed by atoms with Crippen molar-refractivity contribution in [3.63, 3.8) is 0 Å². The molecule has 0 fully saturated rings. The summed E-state index contributed by atoms with van der Waals surface area (Å²) in [5, 5.41) is 0.231. The molecule has 0 saturated heterocycles. The second kappa shape index (κ2) is 15.8. The molecule has 0 bridgehead atoms. The van der Waals surface area contributed by atoms with E-state index < -0.39 is 6.03 Å². The largest absolute Gasteiger partial charge is 0.352 e. The molecule has 3 amide bonds. The lowest BCUT2D eigenvalue weighted by molar-refractivity contribution is -0.0980. The van der Waals surface area contributed by atoms with Gasteiger partial charge < -0.3 is 21.2 Å². The Morgan fingerprint density at radius 2 is 1.35 bits per heavy atom. The zero-order valence-corrected chi connectivity index (χ0v) is 14.0. The summed E-state index contributed by atoms with van der Waals surface area (Å²) in [6.45, 7) is 14.4. The third kappa shape index (κ3) is 22.0. The van der Waals surface area contributed by atoms with E-state index in [2.05, 4.69) is 39.2 Å². The Labute approximate surface area is 126 Å². The average molecular weight is 307 g/mol. The van der Waals surface area contributed by atoms with Crippen molar-refractivity contribution in [2.24, 2.45) is 23.3 Å². The van der Waals surface area contributed by atoms with Gasteiger partial charge in [0, 0.05) is 13.1 Å². The quantitative estimate of drug-likeness (QED) is 0.812. The topological polar surface area (TPSA) is 106 Å². The molecular formula is C13H29N3O3S. The number of hydrogen-bond donors (Lipinski definition) is 2. The predicted molar refractivity (Wildman–Crippen MR) is 85.7 cm³/mol. The normalized spacial score (nSPS) is 9.15. The van der Waals surface area contributed by atoms with Crippen molar-refractivity contribution in [1.29, 1.82) is 0 Å². The summed E-state index contributed by atoms with van der Waals surface area (Å²) in [7, 11) is 0. The summed E-state index contributed by atoms with van der Waals surface area (Å²) in [6.07, 6.45) is 0. The van der Waals surface area contributed by atoms with Crippen LogP contribution in [0.5, 0.6) is 0 Å². The molecule has 4 N–H and O–H groups in total.